The van der Waals surface area contributed by atoms with Crippen LogP contribution in [0.15, 0.2) is 47.1 Å². The van der Waals surface area contributed by atoms with Gasteiger partial charge in [0.25, 0.3) is 0 Å². The molecule has 1 aliphatic heterocycles. The molecule has 1 aliphatic rings. The molecule has 1 unspecified atom stereocenters. The smallest absolute Gasteiger partial charge is 0.218 e. The van der Waals surface area contributed by atoms with E-state index in [9.17, 15) is 12.8 Å². The second kappa shape index (κ2) is 7.07. The van der Waals surface area contributed by atoms with Gasteiger partial charge in [0.2, 0.25) is 10.0 Å². The highest BCUT2D eigenvalue weighted by molar-refractivity contribution is 7.99. The van der Waals surface area contributed by atoms with E-state index < -0.39 is 10.0 Å². The van der Waals surface area contributed by atoms with E-state index in [2.05, 4.69) is 0 Å². The molecule has 2 heterocycles. The highest BCUT2D eigenvalue weighted by atomic mass is 32.2. The minimum Gasteiger partial charge on any atom is -0.468 e. The Bertz CT molecular complexity index is 729. The van der Waals surface area contributed by atoms with Crippen LogP contribution in [0.2, 0.25) is 0 Å². The summed E-state index contributed by atoms with van der Waals surface area (Å²) >= 11 is 1.72. The van der Waals surface area contributed by atoms with Gasteiger partial charge in [0, 0.05) is 18.8 Å². The van der Waals surface area contributed by atoms with E-state index in [1.807, 2.05) is 12.1 Å². The molecule has 0 spiro atoms. The molecule has 0 amide bonds. The van der Waals surface area contributed by atoms with E-state index in [4.69, 9.17) is 4.42 Å². The Balaban J connectivity index is 1.67. The predicted octanol–water partition coefficient (Wildman–Crippen LogP) is 3.43. The van der Waals surface area contributed by atoms with Gasteiger partial charge in [0.05, 0.1) is 17.3 Å². The molecule has 1 aromatic carbocycles. The molecule has 1 aromatic heterocycles. The molecule has 2 aromatic rings. The lowest BCUT2D eigenvalue weighted by Crippen LogP contribution is -2.34. The summed E-state index contributed by atoms with van der Waals surface area (Å²) in [6.07, 6.45) is 2.37. The van der Waals surface area contributed by atoms with Crippen molar-refractivity contribution in [2.45, 2.75) is 17.4 Å². The number of sulfonamides is 1. The quantitative estimate of drug-likeness (QED) is 0.843. The Hall–Kier alpha value is -1.31. The molecule has 0 bridgehead atoms. The van der Waals surface area contributed by atoms with Crippen LogP contribution in [-0.2, 0) is 15.8 Å². The maximum Gasteiger partial charge on any atom is 0.218 e. The molecular weight excluding hydrogens is 337 g/mol. The van der Waals surface area contributed by atoms with Gasteiger partial charge in [-0.2, -0.15) is 0 Å². The van der Waals surface area contributed by atoms with Crippen molar-refractivity contribution < 1.29 is 17.2 Å². The average Bonchev–Trinajstić information content (AvgIpc) is 2.93. The number of halogens is 1. The average molecular weight is 355 g/mol. The van der Waals surface area contributed by atoms with Crippen LogP contribution in [0.3, 0.4) is 0 Å². The number of thioether (sulfide) groups is 1. The van der Waals surface area contributed by atoms with Crippen LogP contribution >= 0.6 is 11.8 Å². The Labute approximate surface area is 139 Å². The van der Waals surface area contributed by atoms with Crippen LogP contribution in [0.5, 0.6) is 0 Å². The molecule has 0 radical (unpaired) electrons. The highest BCUT2D eigenvalue weighted by Gasteiger charge is 2.28. The predicted molar refractivity (Wildman–Crippen MR) is 89.1 cm³/mol. The highest BCUT2D eigenvalue weighted by Crippen LogP contribution is 2.35. The summed E-state index contributed by atoms with van der Waals surface area (Å²) in [5, 5.41) is 0.191. The second-order valence-electron chi connectivity index (χ2n) is 5.45. The molecule has 124 valence electrons. The fraction of sp³-hybridized carbons (Fsp3) is 0.375. The third kappa shape index (κ3) is 4.16. The maximum atomic E-state index is 12.9. The molecule has 1 atom stereocenters. The summed E-state index contributed by atoms with van der Waals surface area (Å²) in [5.74, 6) is 1.17. The topological polar surface area (TPSA) is 50.5 Å². The summed E-state index contributed by atoms with van der Waals surface area (Å²) in [6.45, 7) is 0.966. The van der Waals surface area contributed by atoms with Crippen molar-refractivity contribution >= 4 is 21.8 Å². The van der Waals surface area contributed by atoms with Crippen LogP contribution in [0.1, 0.15) is 23.0 Å². The Kier molecular flexibility index (Phi) is 5.08. The molecule has 0 saturated carbocycles. The second-order valence-corrected chi connectivity index (χ2v) is 8.72. The van der Waals surface area contributed by atoms with Gasteiger partial charge >= 0.3 is 0 Å². The first-order chi connectivity index (χ1) is 11.0. The normalized spacial score (nSPS) is 20.3. The van der Waals surface area contributed by atoms with E-state index in [1.54, 1.807) is 18.0 Å². The van der Waals surface area contributed by atoms with Gasteiger partial charge in [-0.25, -0.2) is 17.1 Å². The first-order valence-electron chi connectivity index (χ1n) is 7.42. The molecule has 0 N–H and O–H groups in total. The van der Waals surface area contributed by atoms with Crippen molar-refractivity contribution in [3.8, 4) is 0 Å². The van der Waals surface area contributed by atoms with Gasteiger partial charge in [0.15, 0.2) is 0 Å². The molecule has 0 aliphatic carbocycles. The van der Waals surface area contributed by atoms with E-state index in [1.165, 1.54) is 28.6 Å². The van der Waals surface area contributed by atoms with Crippen molar-refractivity contribution in [3.05, 3.63) is 59.8 Å². The summed E-state index contributed by atoms with van der Waals surface area (Å²) in [5.41, 5.74) is 0.603. The number of hydrogen-bond acceptors (Lipinski definition) is 4. The van der Waals surface area contributed by atoms with Crippen molar-refractivity contribution in [3.63, 3.8) is 0 Å². The summed E-state index contributed by atoms with van der Waals surface area (Å²) < 4.78 is 45.1. The minimum absolute atomic E-state index is 0.0939. The van der Waals surface area contributed by atoms with Gasteiger partial charge in [0.1, 0.15) is 11.6 Å². The van der Waals surface area contributed by atoms with E-state index in [0.29, 0.717) is 18.7 Å². The zero-order valence-electron chi connectivity index (χ0n) is 12.5. The lowest BCUT2D eigenvalue weighted by atomic mass is 10.2. The van der Waals surface area contributed by atoms with Crippen LogP contribution in [0.25, 0.3) is 0 Å². The molecule has 4 nitrogen and oxygen atoms in total. The van der Waals surface area contributed by atoms with Gasteiger partial charge < -0.3 is 4.42 Å². The van der Waals surface area contributed by atoms with Crippen molar-refractivity contribution in [1.82, 2.24) is 4.31 Å². The van der Waals surface area contributed by atoms with Crippen molar-refractivity contribution in [2.24, 2.45) is 0 Å². The molecule has 23 heavy (non-hydrogen) atoms. The Morgan fingerprint density at radius 2 is 2.00 bits per heavy atom. The van der Waals surface area contributed by atoms with E-state index in [-0.39, 0.29) is 16.8 Å². The SMILES string of the molecule is O=S(=O)(Cc1ccc(F)cc1)N1CCSC(c2ccco2)CC1. The fourth-order valence-corrected chi connectivity index (χ4v) is 5.46. The van der Waals surface area contributed by atoms with Crippen molar-refractivity contribution in [2.75, 3.05) is 18.8 Å². The lowest BCUT2D eigenvalue weighted by molar-refractivity contribution is 0.416. The summed E-state index contributed by atoms with van der Waals surface area (Å²) in [7, 11) is -3.40. The van der Waals surface area contributed by atoms with Crippen molar-refractivity contribution in [1.29, 1.82) is 0 Å². The third-order valence-corrected chi connectivity index (χ3v) is 6.96. The number of nitrogens with zero attached hydrogens (tertiary/aromatic N) is 1. The van der Waals surface area contributed by atoms with Crippen LogP contribution in [0.4, 0.5) is 4.39 Å². The number of furan rings is 1. The van der Waals surface area contributed by atoms with Gasteiger partial charge in [-0.05, 0) is 36.2 Å². The number of rotatable bonds is 4. The first kappa shape index (κ1) is 16.5. The molecule has 1 saturated heterocycles. The van der Waals surface area contributed by atoms with E-state index in [0.717, 1.165) is 17.9 Å². The monoisotopic (exact) mass is 355 g/mol. The maximum absolute atomic E-state index is 12.9. The fourth-order valence-electron chi connectivity index (χ4n) is 2.61. The van der Waals surface area contributed by atoms with E-state index >= 15 is 0 Å². The van der Waals surface area contributed by atoms with Crippen LogP contribution in [-0.4, -0.2) is 31.6 Å². The summed E-state index contributed by atoms with van der Waals surface area (Å²) in [4.78, 5) is 0. The third-order valence-electron chi connectivity index (χ3n) is 3.82. The largest absolute Gasteiger partial charge is 0.468 e. The van der Waals surface area contributed by atoms with Gasteiger partial charge in [-0.15, -0.1) is 11.8 Å². The molecular formula is C16H18FNO3S2. The molecule has 3 rings (SSSR count). The number of benzene rings is 1. The first-order valence-corrected chi connectivity index (χ1v) is 10.1. The zero-order valence-corrected chi connectivity index (χ0v) is 14.2. The van der Waals surface area contributed by atoms with Crippen LogP contribution in [0, 0.1) is 5.82 Å². The summed E-state index contributed by atoms with van der Waals surface area (Å²) in [6, 6.07) is 9.40. The Morgan fingerprint density at radius 1 is 1.22 bits per heavy atom. The van der Waals surface area contributed by atoms with Gasteiger partial charge in [-0.1, -0.05) is 12.1 Å². The molecule has 7 heteroatoms. The Morgan fingerprint density at radius 3 is 2.70 bits per heavy atom. The number of hydrogen-bond donors (Lipinski definition) is 0. The van der Waals surface area contributed by atoms with Crippen LogP contribution < -0.4 is 0 Å². The minimum atomic E-state index is -3.40. The van der Waals surface area contributed by atoms with Gasteiger partial charge in [-0.3, -0.25) is 0 Å². The lowest BCUT2D eigenvalue weighted by Gasteiger charge is -2.19. The zero-order chi connectivity index (χ0) is 16.3. The standard InChI is InChI=1S/C16H18FNO3S2/c17-14-5-3-13(4-6-14)12-23(19,20)18-8-7-16(22-11-9-18)15-2-1-10-21-15/h1-6,10,16H,7-9,11-12H2. The molecule has 1 fully saturated rings.